The molecule has 106 valence electrons. The van der Waals surface area contributed by atoms with Gasteiger partial charge in [0.25, 0.3) is 0 Å². The fourth-order valence-electron chi connectivity index (χ4n) is 3.51. The zero-order chi connectivity index (χ0) is 12.8. The van der Waals surface area contributed by atoms with Crippen LogP contribution in [-0.2, 0) is 39.0 Å². The smallest absolute Gasteiger partial charge is 0 e. The summed E-state index contributed by atoms with van der Waals surface area (Å²) in [6.45, 7) is 2.19. The number of benzene rings is 2. The zero-order valence-corrected chi connectivity index (χ0v) is 15.4. The number of hydrogen-bond acceptors (Lipinski definition) is 0. The maximum Gasteiger partial charge on any atom is 0 e. The molecule has 4 rings (SSSR count). The molecule has 0 amide bonds. The summed E-state index contributed by atoms with van der Waals surface area (Å²) in [6.07, 6.45) is 3.79. The van der Waals surface area contributed by atoms with Crippen LogP contribution in [0, 0.1) is 6.92 Å². The maximum atomic E-state index is 2.41. The van der Waals surface area contributed by atoms with Crippen molar-refractivity contribution in [3.05, 3.63) is 65.2 Å². The Labute approximate surface area is 151 Å². The average molecular weight is 373 g/mol. The van der Waals surface area contributed by atoms with Crippen molar-refractivity contribution in [3.8, 4) is 11.1 Å². The fraction of sp³-hybridized carbons (Fsp3) is 0.211. The maximum absolute atomic E-state index is 2.41. The third-order valence-electron chi connectivity index (χ3n) is 4.29. The van der Waals surface area contributed by atoms with Crippen molar-refractivity contribution < 1.29 is 26.2 Å². The molecule has 3 aromatic carbocycles. The number of rotatable bonds is 1. The Balaban J connectivity index is 0.000000807. The first-order chi connectivity index (χ1) is 9.33. The van der Waals surface area contributed by atoms with Crippen LogP contribution in [-0.4, -0.2) is 0 Å². The quantitative estimate of drug-likeness (QED) is 0.499. The summed E-state index contributed by atoms with van der Waals surface area (Å²) in [5.74, 6) is 0. The van der Waals surface area contributed by atoms with Crippen molar-refractivity contribution in [2.75, 3.05) is 0 Å². The van der Waals surface area contributed by atoms with E-state index in [0.717, 1.165) is 0 Å². The molecule has 1 aliphatic rings. The second-order valence-electron chi connectivity index (χ2n) is 5.64. The van der Waals surface area contributed by atoms with E-state index in [0.29, 0.717) is 0 Å². The monoisotopic (exact) mass is 371 g/mol. The molecule has 0 atom stereocenters. The first-order valence-corrected chi connectivity index (χ1v) is 7.10. The van der Waals surface area contributed by atoms with E-state index < -0.39 is 0 Å². The van der Waals surface area contributed by atoms with Crippen molar-refractivity contribution >= 4 is 23.2 Å². The molecule has 3 aromatic rings. The molecule has 0 unspecified atom stereocenters. The van der Waals surface area contributed by atoms with Gasteiger partial charge in [-0.1, -0.05) is 53.9 Å². The Morgan fingerprint density at radius 3 is 2.52 bits per heavy atom. The van der Waals surface area contributed by atoms with Crippen LogP contribution in [0.1, 0.15) is 23.1 Å². The van der Waals surface area contributed by atoms with E-state index in [1.54, 1.807) is 11.1 Å². The van der Waals surface area contributed by atoms with Gasteiger partial charge in [0.1, 0.15) is 0 Å². The largest absolute Gasteiger partial charge is 0.165 e. The first kappa shape index (κ1) is 16.6. The van der Waals surface area contributed by atoms with Crippen molar-refractivity contribution in [1.29, 1.82) is 0 Å². The summed E-state index contributed by atoms with van der Waals surface area (Å²) >= 11 is 0. The van der Waals surface area contributed by atoms with Crippen molar-refractivity contribution in [3.63, 3.8) is 0 Å². The molecular formula is C19H18ClZr-. The van der Waals surface area contributed by atoms with Crippen LogP contribution in [0.5, 0.6) is 0 Å². The van der Waals surface area contributed by atoms with Gasteiger partial charge in [0.2, 0.25) is 0 Å². The second kappa shape index (κ2) is 6.55. The predicted octanol–water partition coefficient (Wildman–Crippen LogP) is 5.44. The molecule has 0 aliphatic heterocycles. The molecule has 1 aliphatic carbocycles. The van der Waals surface area contributed by atoms with Gasteiger partial charge in [0, 0.05) is 26.2 Å². The van der Waals surface area contributed by atoms with Crippen molar-refractivity contribution in [1.82, 2.24) is 0 Å². The van der Waals surface area contributed by atoms with Gasteiger partial charge in [-0.05, 0) is 24.8 Å². The number of hydrogen-bond donors (Lipinski definition) is 0. The van der Waals surface area contributed by atoms with Gasteiger partial charge in [-0.25, -0.2) is 0 Å². The summed E-state index contributed by atoms with van der Waals surface area (Å²) in [6, 6.07) is 18.0. The predicted molar refractivity (Wildman–Crippen MR) is 89.0 cm³/mol. The van der Waals surface area contributed by atoms with Crippen LogP contribution < -0.4 is 0 Å². The summed E-state index contributed by atoms with van der Waals surface area (Å²) in [4.78, 5) is 0. The fourth-order valence-corrected chi connectivity index (χ4v) is 3.51. The van der Waals surface area contributed by atoms with E-state index in [9.17, 15) is 0 Å². The van der Waals surface area contributed by atoms with E-state index in [4.69, 9.17) is 0 Å². The Morgan fingerprint density at radius 1 is 1.00 bits per heavy atom. The molecule has 0 fully saturated rings. The van der Waals surface area contributed by atoms with Crippen LogP contribution in [0.4, 0.5) is 0 Å². The SMILES string of the molecule is Cc1cc2c(-c3ccccc3)c3c(cc2[cH-]1)CCC3.Cl.[Zr]. The number of halogens is 1. The Bertz CT molecular complexity index is 756. The second-order valence-corrected chi connectivity index (χ2v) is 5.64. The molecule has 0 aromatic heterocycles. The van der Waals surface area contributed by atoms with Crippen LogP contribution >= 0.6 is 12.4 Å². The van der Waals surface area contributed by atoms with Gasteiger partial charge in [-0.3, -0.25) is 0 Å². The van der Waals surface area contributed by atoms with Crippen LogP contribution in [0.25, 0.3) is 21.9 Å². The topological polar surface area (TPSA) is 0 Å². The normalized spacial score (nSPS) is 12.6. The van der Waals surface area contributed by atoms with Crippen molar-refractivity contribution in [2.24, 2.45) is 0 Å². The molecule has 0 saturated heterocycles. The molecule has 0 spiro atoms. The van der Waals surface area contributed by atoms with Gasteiger partial charge in [0.15, 0.2) is 0 Å². The molecular weight excluding hydrogens is 355 g/mol. The van der Waals surface area contributed by atoms with E-state index in [1.807, 2.05) is 0 Å². The van der Waals surface area contributed by atoms with Gasteiger partial charge < -0.3 is 0 Å². The van der Waals surface area contributed by atoms with Crippen LogP contribution in [0.15, 0.2) is 48.5 Å². The minimum atomic E-state index is 0. The molecule has 0 radical (unpaired) electrons. The third kappa shape index (κ3) is 2.79. The van der Waals surface area contributed by atoms with Gasteiger partial charge in [0.05, 0.1) is 0 Å². The Hall–Kier alpha value is -0.777. The standard InChI is InChI=1S/C19H17.ClH.Zr/c1-13-10-16-12-15-8-5-9-17(15)19(18(16)11-13)14-6-3-2-4-7-14;;/h2-4,6-7,10-12H,5,8-9H2,1H3;1H;/q-1;;. The van der Waals surface area contributed by atoms with Gasteiger partial charge >= 0.3 is 0 Å². The molecule has 21 heavy (non-hydrogen) atoms. The Kier molecular flexibility index (Phi) is 5.17. The first-order valence-electron chi connectivity index (χ1n) is 7.10. The van der Waals surface area contributed by atoms with Crippen LogP contribution in [0.3, 0.4) is 0 Å². The number of fused-ring (bicyclic) bond motifs is 2. The minimum absolute atomic E-state index is 0. The molecule has 0 saturated carbocycles. The Morgan fingerprint density at radius 2 is 1.76 bits per heavy atom. The van der Waals surface area contributed by atoms with Crippen LogP contribution in [0.2, 0.25) is 0 Å². The average Bonchev–Trinajstić information content (AvgIpc) is 3.01. The molecule has 2 heteroatoms. The van der Waals surface area contributed by atoms with Gasteiger partial charge in [-0.2, -0.15) is 6.07 Å². The van der Waals surface area contributed by atoms with E-state index >= 15 is 0 Å². The van der Waals surface area contributed by atoms with E-state index in [2.05, 4.69) is 55.5 Å². The summed E-state index contributed by atoms with van der Waals surface area (Å²) in [7, 11) is 0. The summed E-state index contributed by atoms with van der Waals surface area (Å²) in [5, 5.41) is 2.85. The molecule has 0 N–H and O–H groups in total. The molecule has 0 heterocycles. The van der Waals surface area contributed by atoms with E-state index in [1.165, 1.54) is 46.7 Å². The van der Waals surface area contributed by atoms with Gasteiger partial charge in [-0.15, -0.1) is 40.9 Å². The zero-order valence-electron chi connectivity index (χ0n) is 12.1. The summed E-state index contributed by atoms with van der Waals surface area (Å²) in [5.41, 5.74) is 7.38. The number of aryl methyl sites for hydroxylation is 2. The minimum Gasteiger partial charge on any atom is -0.165 e. The third-order valence-corrected chi connectivity index (χ3v) is 4.29. The van der Waals surface area contributed by atoms with Crippen molar-refractivity contribution in [2.45, 2.75) is 26.2 Å². The molecule has 0 nitrogen and oxygen atoms in total. The summed E-state index contributed by atoms with van der Waals surface area (Å²) < 4.78 is 0. The van der Waals surface area contributed by atoms with E-state index in [-0.39, 0.29) is 38.6 Å². The molecule has 0 bridgehead atoms.